The van der Waals surface area contributed by atoms with Crippen molar-refractivity contribution in [1.82, 2.24) is 14.5 Å². The first-order valence-electron chi connectivity index (χ1n) is 10.2. The number of ether oxygens (including phenoxy) is 1. The number of benzene rings is 1. The van der Waals surface area contributed by atoms with Crippen LogP contribution in [0.15, 0.2) is 84.0 Å². The molecule has 3 heterocycles. The summed E-state index contributed by atoms with van der Waals surface area (Å²) in [5, 5.41) is 11.0. The molecule has 1 fully saturated rings. The van der Waals surface area contributed by atoms with Crippen LogP contribution in [0.4, 0.5) is 0 Å². The third-order valence-corrected chi connectivity index (χ3v) is 5.22. The summed E-state index contributed by atoms with van der Waals surface area (Å²) in [7, 11) is 0. The van der Waals surface area contributed by atoms with E-state index in [-0.39, 0.29) is 11.3 Å². The molecule has 1 aromatic carbocycles. The molecule has 1 saturated heterocycles. The smallest absolute Gasteiger partial charge is 0.295 e. The van der Waals surface area contributed by atoms with E-state index in [0.717, 1.165) is 0 Å². The minimum Gasteiger partial charge on any atom is -0.507 e. The van der Waals surface area contributed by atoms with Crippen LogP contribution in [0.5, 0.6) is 5.75 Å². The number of hydrogen-bond acceptors (Lipinski definition) is 6. The Bertz CT molecular complexity index is 1120. The van der Waals surface area contributed by atoms with Crippen molar-refractivity contribution in [3.63, 3.8) is 0 Å². The maximum atomic E-state index is 12.9. The van der Waals surface area contributed by atoms with Crippen molar-refractivity contribution in [2.75, 3.05) is 13.2 Å². The molecule has 8 heteroatoms. The molecule has 1 amide bonds. The Kier molecular flexibility index (Phi) is 6.21. The molecule has 1 N–H and O–H groups in total. The number of rotatable bonds is 9. The Hall–Kier alpha value is -4.07. The topological polar surface area (TPSA) is 97.8 Å². The number of aliphatic hydroxyl groups is 1. The van der Waals surface area contributed by atoms with E-state index < -0.39 is 17.7 Å². The lowest BCUT2D eigenvalue weighted by Crippen LogP contribution is -2.31. The maximum absolute atomic E-state index is 12.9. The highest BCUT2D eigenvalue weighted by molar-refractivity contribution is 6.46. The van der Waals surface area contributed by atoms with Gasteiger partial charge in [0.2, 0.25) is 0 Å². The number of nitrogens with zero attached hydrogens (tertiary/aromatic N) is 3. The van der Waals surface area contributed by atoms with Crippen LogP contribution in [0.3, 0.4) is 0 Å². The van der Waals surface area contributed by atoms with Gasteiger partial charge in [-0.25, -0.2) is 4.98 Å². The molecule has 8 nitrogen and oxygen atoms in total. The van der Waals surface area contributed by atoms with Gasteiger partial charge >= 0.3 is 0 Å². The van der Waals surface area contributed by atoms with Crippen LogP contribution in [0, 0.1) is 0 Å². The Morgan fingerprint density at radius 3 is 2.69 bits per heavy atom. The maximum Gasteiger partial charge on any atom is 0.295 e. The fraction of sp³-hybridized carbons (Fsp3) is 0.208. The summed E-state index contributed by atoms with van der Waals surface area (Å²) in [4.78, 5) is 31.3. The molecule has 0 saturated carbocycles. The first-order valence-corrected chi connectivity index (χ1v) is 10.2. The van der Waals surface area contributed by atoms with Gasteiger partial charge in [-0.05, 0) is 42.8 Å². The molecule has 164 valence electrons. The predicted octanol–water partition coefficient (Wildman–Crippen LogP) is 3.55. The van der Waals surface area contributed by atoms with Crippen LogP contribution >= 0.6 is 0 Å². The predicted molar refractivity (Wildman–Crippen MR) is 117 cm³/mol. The summed E-state index contributed by atoms with van der Waals surface area (Å²) >= 11 is 0. The summed E-state index contributed by atoms with van der Waals surface area (Å²) in [5.74, 6) is -0.636. The van der Waals surface area contributed by atoms with Gasteiger partial charge in [0.15, 0.2) is 0 Å². The monoisotopic (exact) mass is 433 g/mol. The van der Waals surface area contributed by atoms with Crippen molar-refractivity contribution < 1.29 is 23.8 Å². The highest BCUT2D eigenvalue weighted by atomic mass is 16.5. The molecule has 2 aromatic heterocycles. The number of hydrogen-bond donors (Lipinski definition) is 1. The van der Waals surface area contributed by atoms with E-state index in [9.17, 15) is 14.7 Å². The van der Waals surface area contributed by atoms with Crippen LogP contribution < -0.4 is 4.74 Å². The molecule has 0 spiro atoms. The molecule has 1 aliphatic heterocycles. The minimum atomic E-state index is -0.801. The number of ketones is 1. The van der Waals surface area contributed by atoms with Gasteiger partial charge in [-0.15, -0.1) is 0 Å². The van der Waals surface area contributed by atoms with Crippen molar-refractivity contribution >= 4 is 17.4 Å². The van der Waals surface area contributed by atoms with Crippen molar-refractivity contribution in [2.24, 2.45) is 0 Å². The van der Waals surface area contributed by atoms with Crippen LogP contribution in [0.2, 0.25) is 0 Å². The number of aromatic nitrogens is 2. The zero-order chi connectivity index (χ0) is 22.5. The first-order chi connectivity index (χ1) is 15.6. The number of aryl methyl sites for hydroxylation is 1. The van der Waals surface area contributed by atoms with E-state index in [1.54, 1.807) is 55.0 Å². The van der Waals surface area contributed by atoms with Crippen molar-refractivity contribution in [1.29, 1.82) is 0 Å². The van der Waals surface area contributed by atoms with E-state index in [4.69, 9.17) is 9.15 Å². The van der Waals surface area contributed by atoms with Crippen LogP contribution in [0.25, 0.3) is 5.76 Å². The number of imidazole rings is 1. The summed E-state index contributed by atoms with van der Waals surface area (Å²) in [6.45, 7) is 4.92. The van der Waals surface area contributed by atoms with Crippen LogP contribution in [-0.4, -0.2) is 44.4 Å². The summed E-state index contributed by atoms with van der Waals surface area (Å²) < 4.78 is 12.9. The van der Waals surface area contributed by atoms with Gasteiger partial charge < -0.3 is 23.7 Å². The first kappa shape index (κ1) is 21.2. The second-order valence-electron chi connectivity index (χ2n) is 7.29. The van der Waals surface area contributed by atoms with E-state index in [1.807, 2.05) is 10.8 Å². The second-order valence-corrected chi connectivity index (χ2v) is 7.29. The van der Waals surface area contributed by atoms with Crippen LogP contribution in [-0.2, 0) is 16.1 Å². The van der Waals surface area contributed by atoms with Gasteiger partial charge in [-0.2, -0.15) is 0 Å². The van der Waals surface area contributed by atoms with Gasteiger partial charge in [0.05, 0.1) is 18.2 Å². The third-order valence-electron chi connectivity index (χ3n) is 5.22. The molecular formula is C24H23N3O5. The lowest BCUT2D eigenvalue weighted by atomic mass is 9.99. The highest BCUT2D eigenvalue weighted by Crippen LogP contribution is 2.39. The standard InChI is InChI=1S/C24H23N3O5/c1-2-14-31-18-8-6-17(7-9-18)22(28)20-21(19-5-3-15-32-19)27(24(30)23(20)29)12-4-11-26-13-10-25-16-26/h2-3,5-10,13,15-16,21,28H,1,4,11-12,14H2/t21-/m1/s1. The quantitative estimate of drug-likeness (QED) is 0.240. The Morgan fingerprint density at radius 2 is 2.03 bits per heavy atom. The number of carbonyl (C=O) groups excluding carboxylic acids is 2. The lowest BCUT2D eigenvalue weighted by Gasteiger charge is -2.23. The molecular weight excluding hydrogens is 410 g/mol. The average Bonchev–Trinajstić information content (AvgIpc) is 3.56. The Labute approximate surface area is 185 Å². The van der Waals surface area contributed by atoms with E-state index in [2.05, 4.69) is 11.6 Å². The van der Waals surface area contributed by atoms with E-state index in [0.29, 0.717) is 43.2 Å². The molecule has 4 rings (SSSR count). The number of likely N-dealkylation sites (tertiary alicyclic amines) is 1. The fourth-order valence-electron chi connectivity index (χ4n) is 3.72. The molecule has 1 atom stereocenters. The lowest BCUT2D eigenvalue weighted by molar-refractivity contribution is -0.140. The van der Waals surface area contributed by atoms with Crippen molar-refractivity contribution in [2.45, 2.75) is 19.0 Å². The number of amides is 1. The minimum absolute atomic E-state index is 0.00680. The molecule has 3 aromatic rings. The second kappa shape index (κ2) is 9.38. The SMILES string of the molecule is C=CCOc1ccc(C(O)=C2C(=O)C(=O)N(CCCn3ccnc3)[C@@H]2c2ccco2)cc1. The molecule has 0 bridgehead atoms. The Balaban J connectivity index is 1.64. The highest BCUT2D eigenvalue weighted by Gasteiger charge is 2.47. The van der Waals surface area contributed by atoms with Gasteiger partial charge in [-0.3, -0.25) is 9.59 Å². The molecule has 0 unspecified atom stereocenters. The van der Waals surface area contributed by atoms with E-state index >= 15 is 0 Å². The zero-order valence-corrected chi connectivity index (χ0v) is 17.4. The molecule has 0 radical (unpaired) electrons. The normalized spacial score (nSPS) is 17.6. The number of aliphatic hydroxyl groups excluding tert-OH is 1. The molecule has 0 aliphatic carbocycles. The number of furan rings is 1. The van der Waals surface area contributed by atoms with E-state index in [1.165, 1.54) is 11.2 Å². The summed E-state index contributed by atoms with van der Waals surface area (Å²) in [6.07, 6.45) is 8.93. The van der Waals surface area contributed by atoms with Gasteiger partial charge in [-0.1, -0.05) is 12.7 Å². The van der Waals surface area contributed by atoms with Gasteiger partial charge in [0, 0.05) is 31.0 Å². The van der Waals surface area contributed by atoms with Crippen molar-refractivity contribution in [3.05, 3.63) is 90.9 Å². The number of Topliss-reactive ketones (excluding diaryl/α,β-unsaturated/α-hetero) is 1. The van der Waals surface area contributed by atoms with Crippen molar-refractivity contribution in [3.8, 4) is 5.75 Å². The molecule has 1 aliphatic rings. The fourth-order valence-corrected chi connectivity index (χ4v) is 3.72. The van der Waals surface area contributed by atoms with Gasteiger partial charge in [0.1, 0.15) is 29.9 Å². The average molecular weight is 433 g/mol. The number of carbonyl (C=O) groups is 2. The summed E-state index contributed by atoms with van der Waals surface area (Å²) in [5.41, 5.74) is 0.413. The largest absolute Gasteiger partial charge is 0.507 e. The Morgan fingerprint density at radius 1 is 1.22 bits per heavy atom. The zero-order valence-electron chi connectivity index (χ0n) is 17.4. The van der Waals surface area contributed by atoms with Crippen LogP contribution in [0.1, 0.15) is 23.8 Å². The summed E-state index contributed by atoms with van der Waals surface area (Å²) in [6, 6.07) is 9.22. The van der Waals surface area contributed by atoms with Gasteiger partial charge in [0.25, 0.3) is 11.7 Å². The third kappa shape index (κ3) is 4.20. The molecule has 32 heavy (non-hydrogen) atoms.